The zero-order valence-corrected chi connectivity index (χ0v) is 12.8. The molecule has 0 saturated heterocycles. The van der Waals surface area contributed by atoms with Crippen LogP contribution in [0.1, 0.15) is 0 Å². The number of benzene rings is 1. The Morgan fingerprint density at radius 3 is 2.14 bits per heavy atom. The highest BCUT2D eigenvalue weighted by molar-refractivity contribution is 5.79. The highest BCUT2D eigenvalue weighted by atomic mass is 16.6. The lowest BCUT2D eigenvalue weighted by atomic mass is 10.3. The van der Waals surface area contributed by atoms with Crippen molar-refractivity contribution >= 4 is 17.4 Å². The first kappa shape index (κ1) is 15.3. The molecule has 1 heterocycles. The predicted octanol–water partition coefficient (Wildman–Crippen LogP) is 0.344. The second-order valence-corrected chi connectivity index (χ2v) is 5.00. The molecule has 0 radical (unpaired) electrons. The van der Waals surface area contributed by atoms with E-state index in [2.05, 4.69) is 5.53 Å². The fourth-order valence-electron chi connectivity index (χ4n) is 1.90. The number of nitrogens with zero attached hydrogens (tertiary/aromatic N) is 6. The molecule has 1 aliphatic rings. The SMILES string of the molecule is CN(C)N(C)C(=O)N(N(C)C)N1NN(O)c2ccccc21. The number of hydrazine groups is 5. The van der Waals surface area contributed by atoms with Gasteiger partial charge in [-0.15, -0.1) is 5.12 Å². The predicted molar refractivity (Wildman–Crippen MR) is 78.7 cm³/mol. The van der Waals surface area contributed by atoms with Crippen molar-refractivity contribution in [3.05, 3.63) is 24.3 Å². The summed E-state index contributed by atoms with van der Waals surface area (Å²) in [6.45, 7) is 0. The van der Waals surface area contributed by atoms with E-state index in [9.17, 15) is 10.0 Å². The monoisotopic (exact) mass is 295 g/mol. The molecule has 1 aromatic rings. The third-order valence-corrected chi connectivity index (χ3v) is 3.14. The maximum absolute atomic E-state index is 12.6. The van der Waals surface area contributed by atoms with Gasteiger partial charge in [0.25, 0.3) is 0 Å². The first-order valence-electron chi connectivity index (χ1n) is 6.41. The van der Waals surface area contributed by atoms with Gasteiger partial charge in [0.1, 0.15) is 11.4 Å². The van der Waals surface area contributed by atoms with Crippen LogP contribution in [0.25, 0.3) is 0 Å². The third-order valence-electron chi connectivity index (χ3n) is 3.14. The van der Waals surface area contributed by atoms with Crippen LogP contribution in [-0.2, 0) is 0 Å². The van der Waals surface area contributed by atoms with Crippen LogP contribution in [0.15, 0.2) is 24.3 Å². The van der Waals surface area contributed by atoms with Gasteiger partial charge in [-0.2, -0.15) is 10.3 Å². The molecular weight excluding hydrogens is 274 g/mol. The smallest absolute Gasteiger partial charge is 0.271 e. The van der Waals surface area contributed by atoms with Gasteiger partial charge in [0.05, 0.1) is 0 Å². The number of carbonyl (C=O) groups excluding carboxylic acids is 1. The molecule has 0 bridgehead atoms. The van der Waals surface area contributed by atoms with Crippen molar-refractivity contribution in [3.8, 4) is 0 Å². The standard InChI is InChI=1S/C12H21N7O2/c1-14(2)16(5)12(20)19(15(3)4)17-10-8-6-7-9-11(10)18(21)13-17/h6-9,13,21H,1-5H3. The van der Waals surface area contributed by atoms with Crippen molar-refractivity contribution in [2.75, 3.05) is 45.5 Å². The highest BCUT2D eigenvalue weighted by Gasteiger charge is 2.35. The lowest BCUT2D eigenvalue weighted by Gasteiger charge is -2.39. The van der Waals surface area contributed by atoms with Gasteiger partial charge in [0.2, 0.25) is 0 Å². The topological polar surface area (TPSA) is 68.8 Å². The van der Waals surface area contributed by atoms with Crippen LogP contribution in [0.2, 0.25) is 0 Å². The van der Waals surface area contributed by atoms with Crippen LogP contribution in [0, 0.1) is 0 Å². The summed E-state index contributed by atoms with van der Waals surface area (Å²) in [6, 6.07) is 6.90. The molecule has 0 spiro atoms. The number of amides is 2. The number of hydrogen-bond donors (Lipinski definition) is 2. The molecule has 21 heavy (non-hydrogen) atoms. The maximum atomic E-state index is 12.6. The van der Waals surface area contributed by atoms with Crippen molar-refractivity contribution in [2.45, 2.75) is 0 Å². The van der Waals surface area contributed by atoms with E-state index in [1.807, 2.05) is 6.07 Å². The number of nitrogens with one attached hydrogen (secondary N) is 1. The zero-order valence-electron chi connectivity index (χ0n) is 12.8. The number of fused-ring (bicyclic) bond motifs is 1. The Balaban J connectivity index is 2.35. The zero-order chi connectivity index (χ0) is 15.7. The molecule has 0 fully saturated rings. The summed E-state index contributed by atoms with van der Waals surface area (Å²) in [5, 5.41) is 18.4. The first-order chi connectivity index (χ1) is 9.84. The summed E-state index contributed by atoms with van der Waals surface area (Å²) < 4.78 is 0. The van der Waals surface area contributed by atoms with E-state index < -0.39 is 0 Å². The summed E-state index contributed by atoms with van der Waals surface area (Å²) in [5.74, 6) is 0. The molecule has 0 atom stereocenters. The number of rotatable bonds is 3. The Kier molecular flexibility index (Phi) is 4.19. The van der Waals surface area contributed by atoms with Gasteiger partial charge in [-0.3, -0.25) is 10.2 Å². The van der Waals surface area contributed by atoms with E-state index >= 15 is 0 Å². The largest absolute Gasteiger partial charge is 0.369 e. The summed E-state index contributed by atoms with van der Waals surface area (Å²) in [6.07, 6.45) is 0. The summed E-state index contributed by atoms with van der Waals surface area (Å²) in [5.41, 5.74) is 3.94. The van der Waals surface area contributed by atoms with E-state index in [-0.39, 0.29) is 6.03 Å². The molecule has 0 aliphatic carbocycles. The lowest BCUT2D eigenvalue weighted by Crippen LogP contribution is -2.63. The molecule has 0 saturated carbocycles. The van der Waals surface area contributed by atoms with E-state index in [1.54, 1.807) is 63.5 Å². The van der Waals surface area contributed by atoms with Crippen molar-refractivity contribution in [2.24, 2.45) is 0 Å². The van der Waals surface area contributed by atoms with Gasteiger partial charge in [-0.05, 0) is 12.1 Å². The maximum Gasteiger partial charge on any atom is 0.369 e. The van der Waals surface area contributed by atoms with Crippen LogP contribution in [-0.4, -0.2) is 66.6 Å². The Bertz CT molecular complexity index is 522. The molecule has 9 heteroatoms. The summed E-state index contributed by atoms with van der Waals surface area (Å²) in [4.78, 5) is 12.6. The fourth-order valence-corrected chi connectivity index (χ4v) is 1.90. The van der Waals surface area contributed by atoms with Gasteiger partial charge < -0.3 is 0 Å². The summed E-state index contributed by atoms with van der Waals surface area (Å²) >= 11 is 0. The number of carbonyl (C=O) groups is 1. The average Bonchev–Trinajstić information content (AvgIpc) is 2.75. The molecule has 0 unspecified atom stereocenters. The summed E-state index contributed by atoms with van der Waals surface area (Å²) in [7, 11) is 8.69. The van der Waals surface area contributed by atoms with Crippen molar-refractivity contribution < 1.29 is 10.0 Å². The van der Waals surface area contributed by atoms with E-state index in [0.717, 1.165) is 5.17 Å². The van der Waals surface area contributed by atoms with Crippen LogP contribution in [0.4, 0.5) is 16.2 Å². The molecule has 9 nitrogen and oxygen atoms in total. The van der Waals surface area contributed by atoms with Crippen molar-refractivity contribution in [3.63, 3.8) is 0 Å². The molecule has 0 aromatic heterocycles. The van der Waals surface area contributed by atoms with Crippen LogP contribution in [0.3, 0.4) is 0 Å². The Hall–Kier alpha value is -2.07. The Morgan fingerprint density at radius 2 is 1.62 bits per heavy atom. The minimum absolute atomic E-state index is 0.289. The second kappa shape index (κ2) is 5.74. The minimum Gasteiger partial charge on any atom is -0.271 e. The van der Waals surface area contributed by atoms with Gasteiger partial charge >= 0.3 is 6.03 Å². The Morgan fingerprint density at radius 1 is 1.05 bits per heavy atom. The minimum atomic E-state index is -0.289. The fraction of sp³-hybridized carbons (Fsp3) is 0.417. The second-order valence-electron chi connectivity index (χ2n) is 5.00. The lowest BCUT2D eigenvalue weighted by molar-refractivity contribution is -0.0167. The van der Waals surface area contributed by atoms with Crippen molar-refractivity contribution in [1.82, 2.24) is 25.7 Å². The molecule has 1 aliphatic heterocycles. The van der Waals surface area contributed by atoms with Gasteiger partial charge in [-0.25, -0.2) is 14.8 Å². The number of hydrogen-bond acceptors (Lipinski definition) is 7. The molecule has 2 N–H and O–H groups in total. The van der Waals surface area contributed by atoms with Crippen LogP contribution in [0.5, 0.6) is 0 Å². The molecule has 1 aromatic carbocycles. The van der Waals surface area contributed by atoms with Gasteiger partial charge in [-0.1, -0.05) is 17.7 Å². The molecule has 2 amide bonds. The van der Waals surface area contributed by atoms with Crippen LogP contribution >= 0.6 is 0 Å². The molecule has 2 rings (SSSR count). The molecule has 116 valence electrons. The van der Waals surface area contributed by atoms with E-state index in [1.165, 1.54) is 15.2 Å². The van der Waals surface area contributed by atoms with Crippen LogP contribution < -0.4 is 15.8 Å². The normalized spacial score (nSPS) is 13.9. The van der Waals surface area contributed by atoms with Gasteiger partial charge in [0, 0.05) is 35.2 Å². The quantitative estimate of drug-likeness (QED) is 0.780. The van der Waals surface area contributed by atoms with Crippen molar-refractivity contribution in [1.29, 1.82) is 0 Å². The Labute approximate surface area is 123 Å². The highest BCUT2D eigenvalue weighted by Crippen LogP contribution is 2.33. The average molecular weight is 295 g/mol. The molecular formula is C12H21N7O2. The number of anilines is 2. The number of para-hydroxylation sites is 2. The van der Waals surface area contributed by atoms with E-state index in [4.69, 9.17) is 0 Å². The van der Waals surface area contributed by atoms with Gasteiger partial charge in [0.15, 0.2) is 0 Å². The first-order valence-corrected chi connectivity index (χ1v) is 6.41. The third kappa shape index (κ3) is 2.72. The van der Waals surface area contributed by atoms with E-state index in [0.29, 0.717) is 11.4 Å². The number of urea groups is 1.